The molecular weight excluding hydrogens is 529 g/mol. The number of hydrogen-bond donors (Lipinski definition) is 1. The Morgan fingerprint density at radius 1 is 0.906 bits per heavy atom. The molecule has 3 aromatic carbocycles. The Labute approximate surface area is 208 Å². The van der Waals surface area contributed by atoms with Crippen LogP contribution in [0.3, 0.4) is 0 Å². The van der Waals surface area contributed by atoms with E-state index in [1.54, 1.807) is 0 Å². The normalized spacial score (nSPS) is 14.4. The molecule has 1 saturated heterocycles. The summed E-state index contributed by atoms with van der Waals surface area (Å²) >= 11 is 7.82. The van der Waals surface area contributed by atoms with Crippen molar-refractivity contribution in [1.82, 2.24) is 15.1 Å². The summed E-state index contributed by atoms with van der Waals surface area (Å²) in [6, 6.07) is 27.2. The van der Waals surface area contributed by atoms with Gasteiger partial charge < -0.3 is 4.90 Å². The molecule has 3 aromatic rings. The lowest BCUT2D eigenvalue weighted by Gasteiger charge is -2.40. The van der Waals surface area contributed by atoms with Gasteiger partial charge in [-0.25, -0.2) is 0 Å². The van der Waals surface area contributed by atoms with Gasteiger partial charge in [-0.2, -0.15) is 0 Å². The first-order valence-electron chi connectivity index (χ1n) is 10.7. The molecule has 164 valence electrons. The first-order chi connectivity index (χ1) is 15.5. The molecule has 0 bridgehead atoms. The molecule has 0 aromatic heterocycles. The summed E-state index contributed by atoms with van der Waals surface area (Å²) in [5.41, 5.74) is 4.37. The molecule has 1 N–H and O–H groups in total. The van der Waals surface area contributed by atoms with Crippen LogP contribution in [-0.2, 0) is 0 Å². The van der Waals surface area contributed by atoms with Gasteiger partial charge in [0, 0.05) is 35.3 Å². The molecule has 0 unspecified atom stereocenters. The van der Waals surface area contributed by atoms with Crippen molar-refractivity contribution in [3.8, 4) is 0 Å². The molecule has 1 heterocycles. The lowest BCUT2D eigenvalue weighted by molar-refractivity contribution is 0.0967. The van der Waals surface area contributed by atoms with Crippen LogP contribution in [0, 0.1) is 10.5 Å². The number of piperazine rings is 1. The maximum Gasteiger partial charge on any atom is 0.257 e. The van der Waals surface area contributed by atoms with E-state index < -0.39 is 0 Å². The maximum atomic E-state index is 12.7. The molecule has 0 aliphatic carbocycles. The Kier molecular flexibility index (Phi) is 7.55. The highest BCUT2D eigenvalue weighted by Crippen LogP contribution is 2.29. The number of amides is 1. The van der Waals surface area contributed by atoms with Crippen LogP contribution >= 0.6 is 34.8 Å². The fourth-order valence-electron chi connectivity index (χ4n) is 4.05. The van der Waals surface area contributed by atoms with E-state index in [0.29, 0.717) is 10.7 Å². The molecule has 0 spiro atoms. The third-order valence-electron chi connectivity index (χ3n) is 5.85. The van der Waals surface area contributed by atoms with Gasteiger partial charge in [0.25, 0.3) is 5.91 Å². The minimum atomic E-state index is -0.151. The molecule has 0 radical (unpaired) electrons. The van der Waals surface area contributed by atoms with Gasteiger partial charge in [0.05, 0.1) is 6.04 Å². The molecule has 0 saturated carbocycles. The summed E-state index contributed by atoms with van der Waals surface area (Å²) in [5.74, 6) is -0.151. The first kappa shape index (κ1) is 22.9. The Hall–Kier alpha value is -2.29. The first-order valence-corrected chi connectivity index (χ1v) is 12.2. The maximum absolute atomic E-state index is 12.7. The number of nitrogens with one attached hydrogen (secondary N) is 1. The Morgan fingerprint density at radius 2 is 1.47 bits per heavy atom. The van der Waals surface area contributed by atoms with E-state index in [0.717, 1.165) is 35.3 Å². The Bertz CT molecular complexity index is 1040. The average molecular weight is 555 g/mol. The molecule has 0 atom stereocenters. The highest BCUT2D eigenvalue weighted by Gasteiger charge is 2.27. The standard InChI is InChI=1S/C26H26IN3OS/c1-19-12-13-22(18-23(19)27)25(31)28-26(32)30-16-14-29(15-17-30)24(20-8-4-2-5-9-20)21-10-6-3-7-11-21/h2-13,18,24H,14-17H2,1H3,(H,28,31,32). The second-order valence-corrected chi connectivity index (χ2v) is 9.52. The largest absolute Gasteiger partial charge is 0.346 e. The van der Waals surface area contributed by atoms with Gasteiger partial charge in [0.2, 0.25) is 0 Å². The summed E-state index contributed by atoms with van der Waals surface area (Å²) in [5, 5.41) is 3.42. The van der Waals surface area contributed by atoms with E-state index in [4.69, 9.17) is 12.2 Å². The molecule has 32 heavy (non-hydrogen) atoms. The number of carbonyl (C=O) groups excluding carboxylic acids is 1. The molecule has 1 aliphatic rings. The minimum absolute atomic E-state index is 0.151. The van der Waals surface area contributed by atoms with Crippen molar-refractivity contribution >= 4 is 45.8 Å². The third kappa shape index (κ3) is 5.36. The Morgan fingerprint density at radius 3 is 2.00 bits per heavy atom. The second-order valence-electron chi connectivity index (χ2n) is 7.97. The summed E-state index contributed by atoms with van der Waals surface area (Å²) in [7, 11) is 0. The van der Waals surface area contributed by atoms with Crippen molar-refractivity contribution in [2.75, 3.05) is 26.2 Å². The van der Waals surface area contributed by atoms with Gasteiger partial charge in [0.15, 0.2) is 5.11 Å². The van der Waals surface area contributed by atoms with Crippen LogP contribution in [0.5, 0.6) is 0 Å². The van der Waals surface area contributed by atoms with E-state index in [9.17, 15) is 4.79 Å². The number of benzene rings is 3. The van der Waals surface area contributed by atoms with Gasteiger partial charge in [-0.1, -0.05) is 66.7 Å². The van der Waals surface area contributed by atoms with E-state index in [2.05, 4.69) is 98.4 Å². The second kappa shape index (κ2) is 10.6. The van der Waals surface area contributed by atoms with Gasteiger partial charge in [-0.05, 0) is 70.6 Å². The summed E-state index contributed by atoms with van der Waals surface area (Å²) < 4.78 is 1.07. The summed E-state index contributed by atoms with van der Waals surface area (Å²) in [4.78, 5) is 17.3. The van der Waals surface area contributed by atoms with E-state index in [-0.39, 0.29) is 11.9 Å². The molecule has 1 fully saturated rings. The van der Waals surface area contributed by atoms with Crippen LogP contribution in [0.4, 0.5) is 0 Å². The predicted octanol–water partition coefficient (Wildman–Crippen LogP) is 5.02. The zero-order valence-corrected chi connectivity index (χ0v) is 21.0. The van der Waals surface area contributed by atoms with Gasteiger partial charge in [-0.3, -0.25) is 15.0 Å². The minimum Gasteiger partial charge on any atom is -0.346 e. The lowest BCUT2D eigenvalue weighted by Crippen LogP contribution is -2.53. The van der Waals surface area contributed by atoms with E-state index >= 15 is 0 Å². The van der Waals surface area contributed by atoms with Crippen molar-refractivity contribution in [3.05, 3.63) is 105 Å². The van der Waals surface area contributed by atoms with Crippen LogP contribution < -0.4 is 5.32 Å². The fraction of sp³-hybridized carbons (Fsp3) is 0.231. The monoisotopic (exact) mass is 555 g/mol. The Balaban J connectivity index is 1.41. The van der Waals surface area contributed by atoms with Crippen molar-refractivity contribution in [2.24, 2.45) is 0 Å². The van der Waals surface area contributed by atoms with Crippen molar-refractivity contribution in [3.63, 3.8) is 0 Å². The highest BCUT2D eigenvalue weighted by atomic mass is 127. The van der Waals surface area contributed by atoms with Crippen molar-refractivity contribution < 1.29 is 4.79 Å². The number of aryl methyl sites for hydroxylation is 1. The van der Waals surface area contributed by atoms with Crippen LogP contribution in [-0.4, -0.2) is 47.0 Å². The van der Waals surface area contributed by atoms with Crippen molar-refractivity contribution in [2.45, 2.75) is 13.0 Å². The molecule has 4 nitrogen and oxygen atoms in total. The van der Waals surface area contributed by atoms with E-state index in [1.807, 2.05) is 25.1 Å². The SMILES string of the molecule is Cc1ccc(C(=O)NC(=S)N2CCN(C(c3ccccc3)c3ccccc3)CC2)cc1I. The molecule has 1 aliphatic heterocycles. The topological polar surface area (TPSA) is 35.6 Å². The predicted molar refractivity (Wildman–Crippen MR) is 142 cm³/mol. The number of thiocarbonyl (C=S) groups is 1. The highest BCUT2D eigenvalue weighted by molar-refractivity contribution is 14.1. The van der Waals surface area contributed by atoms with Gasteiger partial charge in [-0.15, -0.1) is 0 Å². The number of rotatable bonds is 4. The third-order valence-corrected chi connectivity index (χ3v) is 7.37. The average Bonchev–Trinajstić information content (AvgIpc) is 2.83. The fourth-order valence-corrected chi connectivity index (χ4v) is 4.84. The van der Waals surface area contributed by atoms with Gasteiger partial charge in [0.1, 0.15) is 0 Å². The number of nitrogens with zero attached hydrogens (tertiary/aromatic N) is 2. The van der Waals surface area contributed by atoms with Gasteiger partial charge >= 0.3 is 0 Å². The number of halogens is 1. The smallest absolute Gasteiger partial charge is 0.257 e. The molecule has 1 amide bonds. The summed E-state index contributed by atoms with van der Waals surface area (Å²) in [6.07, 6.45) is 0. The molecule has 4 rings (SSSR count). The van der Waals surface area contributed by atoms with Crippen molar-refractivity contribution in [1.29, 1.82) is 0 Å². The molecular formula is C26H26IN3OS. The summed E-state index contributed by atoms with van der Waals surface area (Å²) in [6.45, 7) is 5.33. The van der Waals surface area contributed by atoms with Crippen LogP contribution in [0.25, 0.3) is 0 Å². The molecule has 6 heteroatoms. The number of hydrogen-bond acceptors (Lipinski definition) is 3. The van der Waals surface area contributed by atoms with Crippen LogP contribution in [0.1, 0.15) is 33.1 Å². The lowest BCUT2D eigenvalue weighted by atomic mass is 9.96. The van der Waals surface area contributed by atoms with E-state index in [1.165, 1.54) is 11.1 Å². The van der Waals surface area contributed by atoms with Crippen LogP contribution in [0.2, 0.25) is 0 Å². The zero-order valence-electron chi connectivity index (χ0n) is 18.0. The van der Waals surface area contributed by atoms with Crippen LogP contribution in [0.15, 0.2) is 78.9 Å². The number of carbonyl (C=O) groups is 1. The quantitative estimate of drug-likeness (QED) is 0.363. The zero-order chi connectivity index (χ0) is 22.5.